The summed E-state index contributed by atoms with van der Waals surface area (Å²) in [5.74, 6) is 8.00. The first-order valence-corrected chi connectivity index (χ1v) is 7.35. The second-order valence-corrected chi connectivity index (χ2v) is 5.19. The first-order chi connectivity index (χ1) is 10.8. The molecule has 0 bridgehead atoms. The minimum atomic E-state index is 0.977. The van der Waals surface area contributed by atoms with Gasteiger partial charge in [0.05, 0.1) is 0 Å². The molecular weight excluding hydrogens is 268 g/mol. The summed E-state index contributed by atoms with van der Waals surface area (Å²) >= 11 is 0. The third-order valence-corrected chi connectivity index (χ3v) is 3.58. The number of hydrogen-bond donors (Lipinski definition) is 2. The molecule has 0 spiro atoms. The fraction of sp³-hybridized carbons (Fsp3) is 0.100. The Hall–Kier alpha value is -2.42. The number of nitrogens with two attached hydrogens (primary N) is 2. The molecule has 3 rings (SSSR count). The minimum Gasteiger partial charge on any atom is -0.274 e. The summed E-state index contributed by atoms with van der Waals surface area (Å²) in [5, 5.41) is 0. The van der Waals surface area contributed by atoms with E-state index in [1.165, 1.54) is 27.8 Å². The van der Waals surface area contributed by atoms with Crippen molar-refractivity contribution in [1.82, 2.24) is 0 Å². The number of hydrazine groups is 1. The molecule has 0 saturated carbocycles. The van der Waals surface area contributed by atoms with E-state index in [0.29, 0.717) is 0 Å². The summed E-state index contributed by atoms with van der Waals surface area (Å²) in [6.07, 6.45) is 0.977. The highest BCUT2D eigenvalue weighted by Gasteiger charge is 2.05. The van der Waals surface area contributed by atoms with E-state index in [4.69, 9.17) is 0 Å². The van der Waals surface area contributed by atoms with Crippen LogP contribution in [0, 0.1) is 6.92 Å². The molecule has 112 valence electrons. The number of benzene rings is 3. The lowest BCUT2D eigenvalue weighted by molar-refractivity contribution is 1.19. The van der Waals surface area contributed by atoms with E-state index in [1.807, 2.05) is 0 Å². The Morgan fingerprint density at radius 2 is 1.41 bits per heavy atom. The lowest BCUT2D eigenvalue weighted by atomic mass is 9.94. The highest BCUT2D eigenvalue weighted by atomic mass is 15.0. The summed E-state index contributed by atoms with van der Waals surface area (Å²) in [5.41, 5.74) is 6.67. The lowest BCUT2D eigenvalue weighted by Gasteiger charge is -2.10. The summed E-state index contributed by atoms with van der Waals surface area (Å²) in [4.78, 5) is 0. The van der Waals surface area contributed by atoms with Crippen LogP contribution >= 0.6 is 0 Å². The van der Waals surface area contributed by atoms with E-state index in [-0.39, 0.29) is 0 Å². The predicted molar refractivity (Wildman–Crippen MR) is 94.2 cm³/mol. The molecule has 0 fully saturated rings. The Bertz CT molecular complexity index is 706. The third kappa shape index (κ3) is 4.04. The van der Waals surface area contributed by atoms with E-state index in [9.17, 15) is 0 Å². The van der Waals surface area contributed by atoms with Gasteiger partial charge in [-0.2, -0.15) is 0 Å². The van der Waals surface area contributed by atoms with E-state index in [2.05, 4.69) is 97.5 Å². The summed E-state index contributed by atoms with van der Waals surface area (Å²) < 4.78 is 0. The van der Waals surface area contributed by atoms with Crippen LogP contribution in [0.1, 0.15) is 16.7 Å². The summed E-state index contributed by atoms with van der Waals surface area (Å²) in [6, 6.07) is 28.0. The molecule has 4 N–H and O–H groups in total. The van der Waals surface area contributed by atoms with Gasteiger partial charge in [0, 0.05) is 0 Å². The van der Waals surface area contributed by atoms with E-state index in [1.54, 1.807) is 0 Å². The van der Waals surface area contributed by atoms with Crippen molar-refractivity contribution in [2.45, 2.75) is 13.3 Å². The highest BCUT2D eigenvalue weighted by Crippen LogP contribution is 2.26. The van der Waals surface area contributed by atoms with Crippen molar-refractivity contribution in [3.8, 4) is 11.1 Å². The molecule has 0 radical (unpaired) electrons. The van der Waals surface area contributed by atoms with Crippen molar-refractivity contribution in [3.63, 3.8) is 0 Å². The van der Waals surface area contributed by atoms with Crippen molar-refractivity contribution in [3.05, 3.63) is 95.6 Å². The predicted octanol–water partition coefficient (Wildman–Crippen LogP) is 4.07. The zero-order chi connectivity index (χ0) is 15.8. The van der Waals surface area contributed by atoms with Gasteiger partial charge in [-0.3, -0.25) is 11.7 Å². The van der Waals surface area contributed by atoms with Crippen LogP contribution in [0.2, 0.25) is 0 Å². The molecule has 22 heavy (non-hydrogen) atoms. The Morgan fingerprint density at radius 1 is 0.727 bits per heavy atom. The molecule has 0 saturated heterocycles. The van der Waals surface area contributed by atoms with Gasteiger partial charge in [0.15, 0.2) is 0 Å². The van der Waals surface area contributed by atoms with Gasteiger partial charge >= 0.3 is 0 Å². The van der Waals surface area contributed by atoms with Crippen molar-refractivity contribution in [2.75, 3.05) is 0 Å². The molecule has 2 heteroatoms. The maximum absolute atomic E-state index is 4.00. The maximum atomic E-state index is 4.00. The SMILES string of the molecule is Cc1cccc(-c2ccccc2Cc2ccccc2)c1.NN. The van der Waals surface area contributed by atoms with Crippen LogP contribution in [0.15, 0.2) is 78.9 Å². The fourth-order valence-electron chi connectivity index (χ4n) is 2.58. The standard InChI is InChI=1S/C20H18.H4N2/c1-16-8-7-12-18(14-16)20-13-6-5-11-19(20)15-17-9-3-2-4-10-17;1-2/h2-14H,15H2,1H3;1-2H2. The van der Waals surface area contributed by atoms with Crippen LogP contribution in [0.3, 0.4) is 0 Å². The second-order valence-electron chi connectivity index (χ2n) is 5.19. The molecule has 0 heterocycles. The topological polar surface area (TPSA) is 52.0 Å². The van der Waals surface area contributed by atoms with Gasteiger partial charge in [-0.25, -0.2) is 0 Å². The van der Waals surface area contributed by atoms with Crippen LogP contribution < -0.4 is 11.7 Å². The van der Waals surface area contributed by atoms with Gasteiger partial charge in [0.25, 0.3) is 0 Å². The van der Waals surface area contributed by atoms with Crippen molar-refractivity contribution >= 4 is 0 Å². The molecule has 0 aliphatic carbocycles. The van der Waals surface area contributed by atoms with Gasteiger partial charge in [0.1, 0.15) is 0 Å². The molecule has 0 unspecified atom stereocenters. The Labute approximate surface area is 132 Å². The summed E-state index contributed by atoms with van der Waals surface area (Å²) in [7, 11) is 0. The summed E-state index contributed by atoms with van der Waals surface area (Å²) in [6.45, 7) is 2.14. The lowest BCUT2D eigenvalue weighted by Crippen LogP contribution is -2.02. The van der Waals surface area contributed by atoms with Crippen LogP contribution in [0.5, 0.6) is 0 Å². The highest BCUT2D eigenvalue weighted by molar-refractivity contribution is 5.68. The monoisotopic (exact) mass is 290 g/mol. The molecule has 0 atom stereocenters. The first-order valence-electron chi connectivity index (χ1n) is 7.35. The molecule has 0 aliphatic heterocycles. The fourth-order valence-corrected chi connectivity index (χ4v) is 2.58. The van der Waals surface area contributed by atoms with Crippen LogP contribution in [-0.2, 0) is 6.42 Å². The maximum Gasteiger partial charge on any atom is -0.00196 e. The van der Waals surface area contributed by atoms with Crippen LogP contribution in [0.25, 0.3) is 11.1 Å². The molecule has 0 amide bonds. The van der Waals surface area contributed by atoms with Gasteiger partial charge in [-0.1, -0.05) is 84.4 Å². The molecule has 0 aliphatic rings. The van der Waals surface area contributed by atoms with E-state index in [0.717, 1.165) is 6.42 Å². The van der Waals surface area contributed by atoms with E-state index >= 15 is 0 Å². The largest absolute Gasteiger partial charge is 0.274 e. The first kappa shape index (κ1) is 16.0. The number of hydrogen-bond acceptors (Lipinski definition) is 2. The van der Waals surface area contributed by atoms with Gasteiger partial charge < -0.3 is 0 Å². The Balaban J connectivity index is 0.000000847. The second kappa shape index (κ2) is 8.13. The van der Waals surface area contributed by atoms with Crippen molar-refractivity contribution in [2.24, 2.45) is 11.7 Å². The van der Waals surface area contributed by atoms with Crippen molar-refractivity contribution < 1.29 is 0 Å². The Kier molecular flexibility index (Phi) is 5.90. The van der Waals surface area contributed by atoms with Gasteiger partial charge in [-0.05, 0) is 35.6 Å². The average Bonchev–Trinajstić information content (AvgIpc) is 2.58. The Morgan fingerprint density at radius 3 is 2.14 bits per heavy atom. The van der Waals surface area contributed by atoms with E-state index < -0.39 is 0 Å². The molecule has 0 aromatic heterocycles. The van der Waals surface area contributed by atoms with Crippen LogP contribution in [0.4, 0.5) is 0 Å². The van der Waals surface area contributed by atoms with Crippen LogP contribution in [-0.4, -0.2) is 0 Å². The van der Waals surface area contributed by atoms with Gasteiger partial charge in [0.2, 0.25) is 0 Å². The molecule has 2 nitrogen and oxygen atoms in total. The molecule has 3 aromatic carbocycles. The minimum absolute atomic E-state index is 0.977. The van der Waals surface area contributed by atoms with Crippen molar-refractivity contribution in [1.29, 1.82) is 0 Å². The molecule has 3 aromatic rings. The average molecular weight is 290 g/mol. The quantitative estimate of drug-likeness (QED) is 0.564. The number of rotatable bonds is 3. The zero-order valence-corrected chi connectivity index (χ0v) is 12.9. The smallest absolute Gasteiger partial charge is 0.00196 e. The molecular formula is C20H22N2. The third-order valence-electron chi connectivity index (χ3n) is 3.58. The number of aryl methyl sites for hydroxylation is 1. The van der Waals surface area contributed by atoms with Gasteiger partial charge in [-0.15, -0.1) is 0 Å². The zero-order valence-electron chi connectivity index (χ0n) is 12.9. The normalized spacial score (nSPS) is 9.77.